The van der Waals surface area contributed by atoms with E-state index in [1.165, 1.54) is 44.2 Å². The summed E-state index contributed by atoms with van der Waals surface area (Å²) in [5, 5.41) is 5.50. The van der Waals surface area contributed by atoms with Crippen LogP contribution in [0.3, 0.4) is 0 Å². The predicted octanol–water partition coefficient (Wildman–Crippen LogP) is 4.33. The van der Waals surface area contributed by atoms with E-state index < -0.39 is 12.1 Å². The summed E-state index contributed by atoms with van der Waals surface area (Å²) < 4.78 is 13.3. The van der Waals surface area contributed by atoms with E-state index in [0.29, 0.717) is 48.7 Å². The van der Waals surface area contributed by atoms with Gasteiger partial charge in [-0.3, -0.25) is 14.4 Å². The Labute approximate surface area is 223 Å². The Balaban J connectivity index is 1.55. The number of hydrogen-bond acceptors (Lipinski definition) is 5. The molecule has 9 heteroatoms. The van der Waals surface area contributed by atoms with Crippen LogP contribution in [0.5, 0.6) is 0 Å². The molecule has 1 saturated heterocycles. The third kappa shape index (κ3) is 8.21. The van der Waals surface area contributed by atoms with Gasteiger partial charge in [-0.15, -0.1) is 0 Å². The molecule has 0 bridgehead atoms. The summed E-state index contributed by atoms with van der Waals surface area (Å²) in [6.07, 6.45) is 3.84. The maximum absolute atomic E-state index is 13.3. The highest BCUT2D eigenvalue weighted by Gasteiger charge is 2.32. The summed E-state index contributed by atoms with van der Waals surface area (Å²) in [4.78, 5) is 50.6. The van der Waals surface area contributed by atoms with E-state index in [-0.39, 0.29) is 29.3 Å². The van der Waals surface area contributed by atoms with Crippen molar-refractivity contribution < 1.29 is 23.6 Å². The summed E-state index contributed by atoms with van der Waals surface area (Å²) in [6.45, 7) is 5.50. The number of nitrogens with zero attached hydrogens (tertiary/aromatic N) is 1. The van der Waals surface area contributed by atoms with Crippen molar-refractivity contribution in [3.8, 4) is 0 Å². The van der Waals surface area contributed by atoms with Gasteiger partial charge in [-0.25, -0.2) is 9.18 Å². The first-order chi connectivity index (χ1) is 18.0. The van der Waals surface area contributed by atoms with Crippen molar-refractivity contribution in [1.29, 1.82) is 0 Å². The van der Waals surface area contributed by atoms with Crippen LogP contribution in [-0.2, 0) is 11.2 Å². The van der Waals surface area contributed by atoms with Gasteiger partial charge in [0.15, 0.2) is 11.6 Å². The third-order valence-corrected chi connectivity index (χ3v) is 6.94. The molecule has 3 amide bonds. The van der Waals surface area contributed by atoms with Gasteiger partial charge in [0.05, 0.1) is 6.04 Å². The van der Waals surface area contributed by atoms with Gasteiger partial charge >= 0.3 is 6.03 Å². The summed E-state index contributed by atoms with van der Waals surface area (Å²) >= 11 is 0. The first-order valence-electron chi connectivity index (χ1n) is 13.1. The van der Waals surface area contributed by atoms with Crippen molar-refractivity contribution in [3.63, 3.8) is 0 Å². The molecule has 204 valence electrons. The number of anilines is 1. The van der Waals surface area contributed by atoms with Crippen LogP contribution in [0.1, 0.15) is 72.7 Å². The Morgan fingerprint density at radius 3 is 2.26 bits per heavy atom. The molecule has 3 rings (SSSR count). The summed E-state index contributed by atoms with van der Waals surface area (Å²) in [6, 6.07) is 10.1. The molecule has 3 atom stereocenters. The predicted molar refractivity (Wildman–Crippen MR) is 145 cm³/mol. The van der Waals surface area contributed by atoms with Crippen LogP contribution < -0.4 is 16.4 Å². The molecular weight excluding hydrogens is 487 g/mol. The molecule has 8 nitrogen and oxygen atoms in total. The topological polar surface area (TPSA) is 122 Å². The lowest BCUT2D eigenvalue weighted by Gasteiger charge is -2.40. The average molecular weight is 525 g/mol. The minimum Gasteiger partial charge on any atom is -0.338 e. The molecule has 1 aliphatic rings. The van der Waals surface area contributed by atoms with Crippen LogP contribution >= 0.6 is 0 Å². The number of Topliss-reactive ketones (excluding diaryl/α,β-unsaturated/α-hetero) is 2. The van der Waals surface area contributed by atoms with Crippen molar-refractivity contribution >= 4 is 29.2 Å². The second kappa shape index (κ2) is 13.3. The highest BCUT2D eigenvalue weighted by atomic mass is 19.1. The highest BCUT2D eigenvalue weighted by molar-refractivity contribution is 6.02. The van der Waals surface area contributed by atoms with Gasteiger partial charge in [-0.2, -0.15) is 0 Å². The molecule has 2 aromatic rings. The van der Waals surface area contributed by atoms with Crippen LogP contribution in [-0.4, -0.2) is 53.6 Å². The maximum atomic E-state index is 13.3. The SMILES string of the molecule is CC(=O)c1cc(NC(=O)NCCC[C@H]2C[C@H](Cc3ccc(F)cc3)CCN2C(=O)[C@H](C)N)cc(C(C)=O)c1. The van der Waals surface area contributed by atoms with Crippen LogP contribution in [0.2, 0.25) is 0 Å². The number of amides is 3. The molecule has 0 radical (unpaired) electrons. The van der Waals surface area contributed by atoms with Gasteiger partial charge in [0.2, 0.25) is 5.91 Å². The quantitative estimate of drug-likeness (QED) is 0.316. The summed E-state index contributed by atoms with van der Waals surface area (Å²) in [7, 11) is 0. The first-order valence-corrected chi connectivity index (χ1v) is 13.1. The Hall–Kier alpha value is -3.59. The first kappa shape index (κ1) is 29.0. The molecule has 1 aliphatic heterocycles. The molecule has 0 unspecified atom stereocenters. The molecule has 0 spiro atoms. The van der Waals surface area contributed by atoms with Crippen molar-refractivity contribution in [2.24, 2.45) is 11.7 Å². The summed E-state index contributed by atoms with van der Waals surface area (Å²) in [5.41, 5.74) is 8.02. The number of carbonyl (C=O) groups is 4. The second-order valence-electron chi connectivity index (χ2n) is 10.1. The molecule has 0 aliphatic carbocycles. The van der Waals surface area contributed by atoms with Gasteiger partial charge in [0.1, 0.15) is 5.82 Å². The Morgan fingerprint density at radius 2 is 1.68 bits per heavy atom. The van der Waals surface area contributed by atoms with Crippen LogP contribution in [0.25, 0.3) is 0 Å². The van der Waals surface area contributed by atoms with Crippen molar-refractivity contribution in [3.05, 3.63) is 65.0 Å². The number of hydrogen-bond donors (Lipinski definition) is 3. The number of likely N-dealkylation sites (tertiary alicyclic amines) is 1. The molecule has 4 N–H and O–H groups in total. The highest BCUT2D eigenvalue weighted by Crippen LogP contribution is 2.29. The molecule has 1 heterocycles. The summed E-state index contributed by atoms with van der Waals surface area (Å²) in [5.74, 6) is -0.373. The molecule has 0 aromatic heterocycles. The number of urea groups is 1. The van der Waals surface area contributed by atoms with Gasteiger partial charge in [0.25, 0.3) is 0 Å². The fourth-order valence-electron chi connectivity index (χ4n) is 4.92. The van der Waals surface area contributed by atoms with Crippen molar-refractivity contribution in [2.75, 3.05) is 18.4 Å². The number of ketones is 2. The zero-order chi connectivity index (χ0) is 27.8. The van der Waals surface area contributed by atoms with E-state index in [1.807, 2.05) is 4.90 Å². The van der Waals surface area contributed by atoms with E-state index >= 15 is 0 Å². The van der Waals surface area contributed by atoms with Crippen LogP contribution in [0, 0.1) is 11.7 Å². The van der Waals surface area contributed by atoms with E-state index in [9.17, 15) is 23.6 Å². The minimum absolute atomic E-state index is 0.00272. The molecule has 2 aromatic carbocycles. The molecular formula is C29H37FN4O4. The third-order valence-electron chi connectivity index (χ3n) is 6.94. The smallest absolute Gasteiger partial charge is 0.319 e. The normalized spacial score (nSPS) is 18.0. The van der Waals surface area contributed by atoms with E-state index in [1.54, 1.807) is 19.1 Å². The van der Waals surface area contributed by atoms with Crippen molar-refractivity contribution in [2.45, 2.75) is 65.0 Å². The number of nitrogens with two attached hydrogens (primary N) is 1. The van der Waals surface area contributed by atoms with Gasteiger partial charge in [-0.1, -0.05) is 12.1 Å². The number of rotatable bonds is 10. The van der Waals surface area contributed by atoms with E-state index in [0.717, 1.165) is 24.8 Å². The van der Waals surface area contributed by atoms with Crippen LogP contribution in [0.4, 0.5) is 14.9 Å². The minimum atomic E-state index is -0.583. The fourth-order valence-corrected chi connectivity index (χ4v) is 4.92. The standard InChI is InChI=1S/C29H37FN4O4/c1-18(31)28(37)34-12-10-22(13-21-6-8-25(30)9-7-21)14-27(34)5-4-11-32-29(38)33-26-16-23(19(2)35)15-24(17-26)20(3)36/h6-9,15-18,22,27H,4-5,10-14,31H2,1-3H3,(H2,32,33,38)/t18-,22-,27-/m0/s1. The van der Waals surface area contributed by atoms with Gasteiger partial charge in [0, 0.05) is 35.9 Å². The maximum Gasteiger partial charge on any atom is 0.319 e. The van der Waals surface area contributed by atoms with Gasteiger partial charge in [-0.05, 0) is 94.7 Å². The van der Waals surface area contributed by atoms with Crippen molar-refractivity contribution in [1.82, 2.24) is 10.2 Å². The number of nitrogens with one attached hydrogen (secondary N) is 2. The van der Waals surface area contributed by atoms with E-state index in [2.05, 4.69) is 10.6 Å². The lowest BCUT2D eigenvalue weighted by atomic mass is 9.84. The monoisotopic (exact) mass is 524 g/mol. The number of halogens is 1. The van der Waals surface area contributed by atoms with Gasteiger partial charge < -0.3 is 21.3 Å². The number of piperidine rings is 1. The molecule has 38 heavy (non-hydrogen) atoms. The molecule has 1 fully saturated rings. The lowest BCUT2D eigenvalue weighted by Crippen LogP contribution is -2.51. The number of carbonyl (C=O) groups excluding carboxylic acids is 4. The Kier molecular flexibility index (Phi) is 10.1. The van der Waals surface area contributed by atoms with E-state index in [4.69, 9.17) is 5.73 Å². The number of benzene rings is 2. The zero-order valence-electron chi connectivity index (χ0n) is 22.3. The average Bonchev–Trinajstić information content (AvgIpc) is 2.87. The van der Waals surface area contributed by atoms with Crippen LogP contribution in [0.15, 0.2) is 42.5 Å². The fraction of sp³-hybridized carbons (Fsp3) is 0.448. The Morgan fingerprint density at radius 1 is 1.05 bits per heavy atom. The molecule has 0 saturated carbocycles. The largest absolute Gasteiger partial charge is 0.338 e. The lowest BCUT2D eigenvalue weighted by molar-refractivity contribution is -0.136. The Bertz CT molecular complexity index is 1130. The zero-order valence-corrected chi connectivity index (χ0v) is 22.3. The second-order valence-corrected chi connectivity index (χ2v) is 10.1.